The largest absolute Gasteiger partial charge is 0.379 e. The van der Waals surface area contributed by atoms with E-state index in [1.54, 1.807) is 0 Å². The van der Waals surface area contributed by atoms with Crippen molar-refractivity contribution in [2.75, 3.05) is 13.7 Å². The molecule has 0 fully saturated rings. The summed E-state index contributed by atoms with van der Waals surface area (Å²) in [4.78, 5) is 0. The van der Waals surface area contributed by atoms with Crippen LogP contribution in [-0.4, -0.2) is 19.8 Å². The van der Waals surface area contributed by atoms with Gasteiger partial charge in [0.25, 0.3) is 0 Å². The van der Waals surface area contributed by atoms with E-state index in [1.165, 1.54) is 17.5 Å². The van der Waals surface area contributed by atoms with Crippen molar-refractivity contribution < 1.29 is 4.74 Å². The Hall–Kier alpha value is -0.860. The zero-order chi connectivity index (χ0) is 15.9. The van der Waals surface area contributed by atoms with Crippen LogP contribution in [0.3, 0.4) is 0 Å². The molecule has 120 valence electrons. The molecule has 0 radical (unpaired) electrons. The standard InChI is InChI=1S/C19H33NO/c1-7-10-15-11-9-12-16(14-15)17(20-13-8-2)18(21-6)19(3,4)5/h9,11-12,14,17-18,20H,7-8,10,13H2,1-6H3. The molecular weight excluding hydrogens is 258 g/mol. The van der Waals surface area contributed by atoms with Gasteiger partial charge in [-0.15, -0.1) is 0 Å². The molecule has 2 nitrogen and oxygen atoms in total. The highest BCUT2D eigenvalue weighted by atomic mass is 16.5. The third-order valence-corrected chi connectivity index (χ3v) is 3.87. The first kappa shape index (κ1) is 18.2. The van der Waals surface area contributed by atoms with Gasteiger partial charge in [-0.2, -0.15) is 0 Å². The third-order valence-electron chi connectivity index (χ3n) is 3.87. The molecule has 0 aromatic heterocycles. The summed E-state index contributed by atoms with van der Waals surface area (Å²) in [5, 5.41) is 3.69. The summed E-state index contributed by atoms with van der Waals surface area (Å²) in [7, 11) is 1.83. The molecule has 0 aliphatic heterocycles. The predicted molar refractivity (Wildman–Crippen MR) is 91.7 cm³/mol. The average molecular weight is 291 g/mol. The van der Waals surface area contributed by atoms with Gasteiger partial charge in [0.05, 0.1) is 12.1 Å². The van der Waals surface area contributed by atoms with Crippen LogP contribution in [0.15, 0.2) is 24.3 Å². The number of methoxy groups -OCH3 is 1. The minimum atomic E-state index is 0.0981. The number of rotatable bonds is 8. The van der Waals surface area contributed by atoms with Gasteiger partial charge >= 0.3 is 0 Å². The van der Waals surface area contributed by atoms with Crippen molar-refractivity contribution in [3.8, 4) is 0 Å². The number of nitrogens with one attached hydrogen (secondary N) is 1. The summed E-state index contributed by atoms with van der Waals surface area (Å²) in [5.41, 5.74) is 2.86. The summed E-state index contributed by atoms with van der Waals surface area (Å²) in [5.74, 6) is 0. The van der Waals surface area contributed by atoms with E-state index < -0.39 is 0 Å². The number of hydrogen-bond acceptors (Lipinski definition) is 2. The molecule has 1 aromatic rings. The Morgan fingerprint density at radius 1 is 1.14 bits per heavy atom. The Morgan fingerprint density at radius 2 is 1.86 bits per heavy atom. The van der Waals surface area contributed by atoms with Crippen LogP contribution in [0.4, 0.5) is 0 Å². The monoisotopic (exact) mass is 291 g/mol. The van der Waals surface area contributed by atoms with Crippen LogP contribution >= 0.6 is 0 Å². The fourth-order valence-electron chi connectivity index (χ4n) is 2.92. The van der Waals surface area contributed by atoms with Gasteiger partial charge in [-0.3, -0.25) is 0 Å². The van der Waals surface area contributed by atoms with E-state index >= 15 is 0 Å². The fraction of sp³-hybridized carbons (Fsp3) is 0.684. The topological polar surface area (TPSA) is 21.3 Å². The Kier molecular flexibility index (Phi) is 7.41. The van der Waals surface area contributed by atoms with Crippen LogP contribution in [0.1, 0.15) is 64.6 Å². The maximum Gasteiger partial charge on any atom is 0.0814 e. The smallest absolute Gasteiger partial charge is 0.0814 e. The van der Waals surface area contributed by atoms with Crippen LogP contribution in [0.25, 0.3) is 0 Å². The Morgan fingerprint density at radius 3 is 2.38 bits per heavy atom. The highest BCUT2D eigenvalue weighted by Gasteiger charge is 2.33. The molecule has 21 heavy (non-hydrogen) atoms. The van der Waals surface area contributed by atoms with Gasteiger partial charge in [0.1, 0.15) is 0 Å². The summed E-state index contributed by atoms with van der Waals surface area (Å²) in [6.07, 6.45) is 3.61. The Bertz CT molecular complexity index is 408. The van der Waals surface area contributed by atoms with Gasteiger partial charge in [0.2, 0.25) is 0 Å². The van der Waals surface area contributed by atoms with Gasteiger partial charge in [-0.25, -0.2) is 0 Å². The lowest BCUT2D eigenvalue weighted by molar-refractivity contribution is -0.0119. The molecule has 2 heteroatoms. The molecule has 0 aliphatic carbocycles. The molecule has 0 amide bonds. The van der Waals surface area contributed by atoms with E-state index in [2.05, 4.69) is 64.2 Å². The van der Waals surface area contributed by atoms with Gasteiger partial charge in [-0.05, 0) is 35.9 Å². The molecule has 1 aromatic carbocycles. The van der Waals surface area contributed by atoms with Crippen LogP contribution in [0.5, 0.6) is 0 Å². The zero-order valence-electron chi connectivity index (χ0n) is 14.7. The second-order valence-electron chi connectivity index (χ2n) is 6.95. The van der Waals surface area contributed by atoms with E-state index in [4.69, 9.17) is 4.74 Å². The number of benzene rings is 1. The molecule has 2 unspecified atom stereocenters. The first-order chi connectivity index (χ1) is 9.93. The molecule has 0 bridgehead atoms. The van der Waals surface area contributed by atoms with Crippen molar-refractivity contribution in [3.63, 3.8) is 0 Å². The molecular formula is C19H33NO. The lowest BCUT2D eigenvalue weighted by Gasteiger charge is -2.37. The highest BCUT2D eigenvalue weighted by molar-refractivity contribution is 5.27. The SMILES string of the molecule is CCCNC(c1cccc(CCC)c1)C(OC)C(C)(C)C. The van der Waals surface area contributed by atoms with Crippen LogP contribution in [-0.2, 0) is 11.2 Å². The normalized spacial score (nSPS) is 15.0. The second-order valence-corrected chi connectivity index (χ2v) is 6.95. The maximum absolute atomic E-state index is 5.87. The van der Waals surface area contributed by atoms with E-state index in [-0.39, 0.29) is 17.6 Å². The molecule has 2 atom stereocenters. The van der Waals surface area contributed by atoms with Crippen LogP contribution < -0.4 is 5.32 Å². The fourth-order valence-corrected chi connectivity index (χ4v) is 2.92. The van der Waals surface area contributed by atoms with E-state index in [0.717, 1.165) is 19.4 Å². The lowest BCUT2D eigenvalue weighted by Crippen LogP contribution is -2.41. The van der Waals surface area contributed by atoms with Crippen molar-refractivity contribution in [2.45, 2.75) is 66.0 Å². The summed E-state index contributed by atoms with van der Waals surface area (Å²) < 4.78 is 5.87. The average Bonchev–Trinajstić information content (AvgIpc) is 2.42. The van der Waals surface area contributed by atoms with Crippen molar-refractivity contribution in [1.82, 2.24) is 5.32 Å². The zero-order valence-corrected chi connectivity index (χ0v) is 14.7. The lowest BCUT2D eigenvalue weighted by atomic mass is 9.81. The quantitative estimate of drug-likeness (QED) is 0.747. The second kappa shape index (κ2) is 8.55. The van der Waals surface area contributed by atoms with E-state index in [1.807, 2.05) is 7.11 Å². The van der Waals surface area contributed by atoms with Gasteiger partial charge < -0.3 is 10.1 Å². The van der Waals surface area contributed by atoms with Crippen LogP contribution in [0, 0.1) is 5.41 Å². The third kappa shape index (κ3) is 5.44. The van der Waals surface area contributed by atoms with E-state index in [0.29, 0.717) is 0 Å². The first-order valence-corrected chi connectivity index (χ1v) is 8.29. The molecule has 1 N–H and O–H groups in total. The molecule has 1 rings (SSSR count). The molecule has 0 spiro atoms. The van der Waals surface area contributed by atoms with E-state index in [9.17, 15) is 0 Å². The van der Waals surface area contributed by atoms with Crippen molar-refractivity contribution in [1.29, 1.82) is 0 Å². The van der Waals surface area contributed by atoms with Gasteiger partial charge in [0.15, 0.2) is 0 Å². The highest BCUT2D eigenvalue weighted by Crippen LogP contribution is 2.33. The minimum Gasteiger partial charge on any atom is -0.379 e. The molecule has 0 aliphatic rings. The molecule has 0 heterocycles. The summed E-state index contributed by atoms with van der Waals surface area (Å²) >= 11 is 0. The van der Waals surface area contributed by atoms with Gasteiger partial charge in [-0.1, -0.05) is 65.3 Å². The Balaban J connectivity index is 3.08. The summed E-state index contributed by atoms with van der Waals surface area (Å²) in [6, 6.07) is 9.21. The van der Waals surface area contributed by atoms with Crippen molar-refractivity contribution in [3.05, 3.63) is 35.4 Å². The minimum absolute atomic E-state index is 0.0981. The maximum atomic E-state index is 5.87. The number of ether oxygens (including phenoxy) is 1. The van der Waals surface area contributed by atoms with Crippen molar-refractivity contribution in [2.24, 2.45) is 5.41 Å². The number of aryl methyl sites for hydroxylation is 1. The first-order valence-electron chi connectivity index (χ1n) is 8.29. The van der Waals surface area contributed by atoms with Gasteiger partial charge in [0, 0.05) is 7.11 Å². The number of hydrogen-bond donors (Lipinski definition) is 1. The molecule has 0 saturated heterocycles. The Labute approximate surface area is 131 Å². The predicted octanol–water partition coefficient (Wildman–Crippen LogP) is 4.74. The van der Waals surface area contributed by atoms with Crippen molar-refractivity contribution >= 4 is 0 Å². The summed E-state index contributed by atoms with van der Waals surface area (Å²) in [6.45, 7) is 12.2. The van der Waals surface area contributed by atoms with Crippen LogP contribution in [0.2, 0.25) is 0 Å². The molecule has 0 saturated carbocycles.